The van der Waals surface area contributed by atoms with Gasteiger partial charge in [0.15, 0.2) is 11.6 Å². The number of benzene rings is 2. The molecule has 0 aliphatic heterocycles. The molecule has 2 N–H and O–H groups in total. The molecule has 2 rings (SSSR count). The highest BCUT2D eigenvalue weighted by Crippen LogP contribution is 2.24. The van der Waals surface area contributed by atoms with E-state index in [9.17, 15) is 8.78 Å². The van der Waals surface area contributed by atoms with Gasteiger partial charge in [0.2, 0.25) is 0 Å². The van der Waals surface area contributed by atoms with Crippen LogP contribution in [-0.2, 0) is 6.61 Å². The molecule has 0 amide bonds. The van der Waals surface area contributed by atoms with Crippen LogP contribution in [-0.4, -0.2) is 7.11 Å². The van der Waals surface area contributed by atoms with Gasteiger partial charge in [-0.25, -0.2) is 8.78 Å². The fourth-order valence-electron chi connectivity index (χ4n) is 1.61. The molecule has 5 heteroatoms. The van der Waals surface area contributed by atoms with Crippen molar-refractivity contribution in [1.82, 2.24) is 0 Å². The van der Waals surface area contributed by atoms with Gasteiger partial charge in [0, 0.05) is 6.07 Å². The summed E-state index contributed by atoms with van der Waals surface area (Å²) >= 11 is 0. The average molecular weight is 265 g/mol. The van der Waals surface area contributed by atoms with Gasteiger partial charge in [-0.05, 0) is 29.8 Å². The van der Waals surface area contributed by atoms with Crippen LogP contribution in [0.25, 0.3) is 0 Å². The molecule has 19 heavy (non-hydrogen) atoms. The molecule has 0 radical (unpaired) electrons. The minimum absolute atomic E-state index is 0.136. The summed E-state index contributed by atoms with van der Waals surface area (Å²) in [7, 11) is 1.40. The lowest BCUT2D eigenvalue weighted by Gasteiger charge is -2.09. The van der Waals surface area contributed by atoms with Crippen LogP contribution in [0.5, 0.6) is 11.5 Å². The Kier molecular flexibility index (Phi) is 3.85. The molecule has 100 valence electrons. The maximum Gasteiger partial charge on any atom is 0.165 e. The second-order valence-corrected chi connectivity index (χ2v) is 3.94. The number of methoxy groups -OCH3 is 1. The second-order valence-electron chi connectivity index (χ2n) is 3.94. The minimum Gasteiger partial charge on any atom is -0.494 e. The van der Waals surface area contributed by atoms with E-state index >= 15 is 0 Å². The van der Waals surface area contributed by atoms with Crippen molar-refractivity contribution in [3.8, 4) is 11.5 Å². The molecule has 0 aliphatic carbocycles. The predicted molar refractivity (Wildman–Crippen MR) is 68.1 cm³/mol. The summed E-state index contributed by atoms with van der Waals surface area (Å²) in [5.74, 6) is -0.362. The summed E-state index contributed by atoms with van der Waals surface area (Å²) in [6.07, 6.45) is 0. The minimum atomic E-state index is -0.462. The van der Waals surface area contributed by atoms with E-state index in [2.05, 4.69) is 0 Å². The first-order chi connectivity index (χ1) is 9.10. The number of hydrogen-bond donors (Lipinski definition) is 1. The molecule has 0 fully saturated rings. The molecule has 0 aliphatic rings. The molecule has 0 atom stereocenters. The van der Waals surface area contributed by atoms with Crippen LogP contribution in [0.3, 0.4) is 0 Å². The third kappa shape index (κ3) is 3.13. The summed E-state index contributed by atoms with van der Waals surface area (Å²) in [5, 5.41) is 0. The van der Waals surface area contributed by atoms with Gasteiger partial charge >= 0.3 is 0 Å². The molecule has 0 aromatic heterocycles. The van der Waals surface area contributed by atoms with Crippen molar-refractivity contribution in [2.45, 2.75) is 6.61 Å². The normalized spacial score (nSPS) is 10.3. The van der Waals surface area contributed by atoms with E-state index in [-0.39, 0.29) is 18.0 Å². The molecule has 0 spiro atoms. The molecule has 2 aromatic rings. The topological polar surface area (TPSA) is 44.5 Å². The lowest BCUT2D eigenvalue weighted by atomic mass is 10.2. The summed E-state index contributed by atoms with van der Waals surface area (Å²) in [6.45, 7) is 0.136. The maximum absolute atomic E-state index is 13.5. The Morgan fingerprint density at radius 3 is 2.42 bits per heavy atom. The highest BCUT2D eigenvalue weighted by molar-refractivity contribution is 5.52. The van der Waals surface area contributed by atoms with Crippen LogP contribution < -0.4 is 15.2 Å². The highest BCUT2D eigenvalue weighted by atomic mass is 19.1. The largest absolute Gasteiger partial charge is 0.494 e. The molecule has 0 heterocycles. The summed E-state index contributed by atoms with van der Waals surface area (Å²) in [4.78, 5) is 0. The van der Waals surface area contributed by atoms with Crippen LogP contribution in [0.4, 0.5) is 14.5 Å². The number of rotatable bonds is 4. The van der Waals surface area contributed by atoms with Crippen molar-refractivity contribution in [2.75, 3.05) is 12.8 Å². The van der Waals surface area contributed by atoms with Crippen molar-refractivity contribution in [3.05, 3.63) is 53.6 Å². The van der Waals surface area contributed by atoms with Gasteiger partial charge in [-0.1, -0.05) is 6.07 Å². The van der Waals surface area contributed by atoms with Crippen molar-refractivity contribution >= 4 is 5.69 Å². The van der Waals surface area contributed by atoms with Crippen LogP contribution in [0.2, 0.25) is 0 Å². The Labute approximate surface area is 109 Å². The number of hydrogen-bond acceptors (Lipinski definition) is 3. The predicted octanol–water partition coefficient (Wildman–Crippen LogP) is 3.13. The zero-order valence-electron chi connectivity index (χ0n) is 10.3. The van der Waals surface area contributed by atoms with Gasteiger partial charge in [0.25, 0.3) is 0 Å². The molecular weight excluding hydrogens is 252 g/mol. The SMILES string of the molecule is COc1ccc(COc2ccc(F)cc2N)cc1F. The lowest BCUT2D eigenvalue weighted by molar-refractivity contribution is 0.306. The fraction of sp³-hybridized carbons (Fsp3) is 0.143. The molecule has 3 nitrogen and oxygen atoms in total. The molecule has 2 aromatic carbocycles. The first kappa shape index (κ1) is 13.1. The molecule has 0 bridgehead atoms. The van der Waals surface area contributed by atoms with Gasteiger partial charge in [-0.2, -0.15) is 0 Å². The van der Waals surface area contributed by atoms with Crippen molar-refractivity contribution in [3.63, 3.8) is 0 Å². The molecule has 0 unspecified atom stereocenters. The number of nitrogens with two attached hydrogens (primary N) is 1. The summed E-state index contributed by atoms with van der Waals surface area (Å²) in [6, 6.07) is 8.37. The van der Waals surface area contributed by atoms with E-state index in [0.29, 0.717) is 11.3 Å². The second kappa shape index (κ2) is 5.56. The zero-order chi connectivity index (χ0) is 13.8. The van der Waals surface area contributed by atoms with Gasteiger partial charge < -0.3 is 15.2 Å². The van der Waals surface area contributed by atoms with Crippen LogP contribution in [0, 0.1) is 11.6 Å². The van der Waals surface area contributed by atoms with Gasteiger partial charge in [-0.15, -0.1) is 0 Å². The highest BCUT2D eigenvalue weighted by Gasteiger charge is 2.06. The molecule has 0 saturated heterocycles. The quantitative estimate of drug-likeness (QED) is 0.864. The van der Waals surface area contributed by atoms with Crippen LogP contribution in [0.15, 0.2) is 36.4 Å². The first-order valence-electron chi connectivity index (χ1n) is 5.60. The Morgan fingerprint density at radius 2 is 1.79 bits per heavy atom. The molecule has 0 saturated carbocycles. The Morgan fingerprint density at radius 1 is 1.05 bits per heavy atom. The van der Waals surface area contributed by atoms with E-state index < -0.39 is 11.6 Å². The maximum atomic E-state index is 13.5. The first-order valence-corrected chi connectivity index (χ1v) is 5.60. The van der Waals surface area contributed by atoms with E-state index in [1.165, 1.54) is 37.4 Å². The van der Waals surface area contributed by atoms with Crippen LogP contribution in [0.1, 0.15) is 5.56 Å². The van der Waals surface area contributed by atoms with E-state index in [0.717, 1.165) is 0 Å². The Hall–Kier alpha value is -2.30. The van der Waals surface area contributed by atoms with Crippen molar-refractivity contribution in [1.29, 1.82) is 0 Å². The lowest BCUT2D eigenvalue weighted by Crippen LogP contribution is -2.00. The molecular formula is C14H13F2NO2. The van der Waals surface area contributed by atoms with E-state index in [1.807, 2.05) is 0 Å². The average Bonchev–Trinajstić information content (AvgIpc) is 2.38. The Balaban J connectivity index is 2.08. The number of ether oxygens (including phenoxy) is 2. The monoisotopic (exact) mass is 265 g/mol. The van der Waals surface area contributed by atoms with Crippen LogP contribution >= 0.6 is 0 Å². The van der Waals surface area contributed by atoms with Crippen molar-refractivity contribution < 1.29 is 18.3 Å². The third-order valence-corrected chi connectivity index (χ3v) is 2.58. The van der Waals surface area contributed by atoms with Gasteiger partial charge in [0.05, 0.1) is 12.8 Å². The van der Waals surface area contributed by atoms with Crippen molar-refractivity contribution in [2.24, 2.45) is 0 Å². The zero-order valence-corrected chi connectivity index (χ0v) is 10.3. The summed E-state index contributed by atoms with van der Waals surface area (Å²) in [5.41, 5.74) is 6.43. The third-order valence-electron chi connectivity index (χ3n) is 2.58. The Bertz CT molecular complexity index is 588. The van der Waals surface area contributed by atoms with E-state index in [1.54, 1.807) is 6.07 Å². The number of anilines is 1. The number of nitrogen functional groups attached to an aromatic ring is 1. The number of halogens is 2. The van der Waals surface area contributed by atoms with Gasteiger partial charge in [0.1, 0.15) is 18.2 Å². The fourth-order valence-corrected chi connectivity index (χ4v) is 1.61. The summed E-state index contributed by atoms with van der Waals surface area (Å²) < 4.78 is 36.5. The van der Waals surface area contributed by atoms with Gasteiger partial charge in [-0.3, -0.25) is 0 Å². The van der Waals surface area contributed by atoms with E-state index in [4.69, 9.17) is 15.2 Å². The smallest absolute Gasteiger partial charge is 0.165 e. The standard InChI is InChI=1S/C14H13F2NO2/c1-18-13-4-2-9(6-11(13)16)8-19-14-5-3-10(15)7-12(14)17/h2-7H,8,17H2,1H3.